The Balaban J connectivity index is 3.03. The average Bonchev–Trinajstić information content (AvgIpc) is 2.76. The number of hydrogen-bond donors (Lipinski definition) is 2. The van der Waals surface area contributed by atoms with E-state index >= 15 is 0 Å². The van der Waals surface area contributed by atoms with Crippen molar-refractivity contribution in [3.05, 3.63) is 18.2 Å². The van der Waals surface area contributed by atoms with Crippen molar-refractivity contribution >= 4 is 5.91 Å². The number of rotatable bonds is 5. The van der Waals surface area contributed by atoms with Crippen molar-refractivity contribution < 1.29 is 4.79 Å². The summed E-state index contributed by atoms with van der Waals surface area (Å²) in [6.07, 6.45) is 3.50. The van der Waals surface area contributed by atoms with E-state index in [-0.39, 0.29) is 17.9 Å². The molecule has 1 aromatic rings. The van der Waals surface area contributed by atoms with Gasteiger partial charge in [-0.05, 0) is 12.8 Å². The molecular weight excluding hydrogens is 216 g/mol. The van der Waals surface area contributed by atoms with Crippen LogP contribution in [0.25, 0.3) is 0 Å². The minimum Gasteiger partial charge on any atom is -0.357 e. The molecule has 0 radical (unpaired) electrons. The first-order valence-corrected chi connectivity index (χ1v) is 5.96. The molecule has 0 spiro atoms. The van der Waals surface area contributed by atoms with E-state index < -0.39 is 0 Å². The van der Waals surface area contributed by atoms with Crippen LogP contribution < -0.4 is 11.1 Å². The third-order valence-corrected chi connectivity index (χ3v) is 3.18. The zero-order valence-corrected chi connectivity index (χ0v) is 11.0. The first-order chi connectivity index (χ1) is 8.02. The van der Waals surface area contributed by atoms with E-state index in [1.807, 2.05) is 11.5 Å². The van der Waals surface area contributed by atoms with E-state index in [2.05, 4.69) is 24.1 Å². The van der Waals surface area contributed by atoms with Gasteiger partial charge in [-0.2, -0.15) is 0 Å². The first kappa shape index (κ1) is 13.7. The maximum atomic E-state index is 11.7. The predicted molar refractivity (Wildman–Crippen MR) is 67.6 cm³/mol. The Morgan fingerprint density at radius 1 is 1.53 bits per heavy atom. The van der Waals surface area contributed by atoms with Gasteiger partial charge in [-0.15, -0.1) is 0 Å². The molecule has 0 aliphatic rings. The van der Waals surface area contributed by atoms with Crippen LogP contribution in [-0.4, -0.2) is 29.1 Å². The summed E-state index contributed by atoms with van der Waals surface area (Å²) in [5, 5.41) is 2.65. The number of likely N-dealkylation sites (N-methyl/N-ethyl adjacent to an activating group) is 1. The predicted octanol–water partition coefficient (Wildman–Crippen LogP) is 0.888. The second-order valence-electron chi connectivity index (χ2n) is 4.60. The number of nitrogens with two attached hydrogens (primary N) is 1. The summed E-state index contributed by atoms with van der Waals surface area (Å²) in [5.74, 6) is 0.626. The zero-order valence-electron chi connectivity index (χ0n) is 11.0. The van der Waals surface area contributed by atoms with Crippen LogP contribution in [-0.2, 0) is 4.79 Å². The molecule has 0 aliphatic heterocycles. The summed E-state index contributed by atoms with van der Waals surface area (Å²) in [6, 6.07) is -0.259. The van der Waals surface area contributed by atoms with Crippen LogP contribution in [0.4, 0.5) is 0 Å². The van der Waals surface area contributed by atoms with E-state index in [0.717, 1.165) is 5.69 Å². The Hall–Kier alpha value is -1.36. The van der Waals surface area contributed by atoms with Gasteiger partial charge in [-0.25, -0.2) is 4.98 Å². The van der Waals surface area contributed by atoms with Crippen LogP contribution in [0.15, 0.2) is 12.5 Å². The SMILES string of the molecule is CNC(=O)C(C)n1cncc1C(CN)C(C)C. The average molecular weight is 238 g/mol. The number of carbonyl (C=O) groups is 1. The van der Waals surface area contributed by atoms with Crippen molar-refractivity contribution in [3.63, 3.8) is 0 Å². The van der Waals surface area contributed by atoms with Crippen molar-refractivity contribution in [3.8, 4) is 0 Å². The van der Waals surface area contributed by atoms with Gasteiger partial charge in [0.2, 0.25) is 5.91 Å². The minimum absolute atomic E-state index is 0.0243. The van der Waals surface area contributed by atoms with Gasteiger partial charge in [-0.1, -0.05) is 13.8 Å². The molecule has 1 aromatic heterocycles. The molecule has 0 bridgehead atoms. The molecule has 1 amide bonds. The van der Waals surface area contributed by atoms with Crippen LogP contribution in [0.5, 0.6) is 0 Å². The molecule has 1 heterocycles. The van der Waals surface area contributed by atoms with Crippen molar-refractivity contribution in [1.29, 1.82) is 0 Å². The fourth-order valence-corrected chi connectivity index (χ4v) is 2.00. The molecule has 5 nitrogen and oxygen atoms in total. The quantitative estimate of drug-likeness (QED) is 0.800. The summed E-state index contributed by atoms with van der Waals surface area (Å²) in [4.78, 5) is 15.8. The summed E-state index contributed by atoms with van der Waals surface area (Å²) < 4.78 is 1.90. The highest BCUT2D eigenvalue weighted by Gasteiger charge is 2.22. The highest BCUT2D eigenvalue weighted by atomic mass is 16.2. The normalized spacial score (nSPS) is 14.7. The van der Waals surface area contributed by atoms with Gasteiger partial charge in [0.05, 0.1) is 6.33 Å². The second-order valence-corrected chi connectivity index (χ2v) is 4.60. The fourth-order valence-electron chi connectivity index (χ4n) is 2.00. The fraction of sp³-hybridized carbons (Fsp3) is 0.667. The Morgan fingerprint density at radius 3 is 2.65 bits per heavy atom. The number of amides is 1. The summed E-state index contributed by atoms with van der Waals surface area (Å²) >= 11 is 0. The van der Waals surface area contributed by atoms with E-state index in [0.29, 0.717) is 12.5 Å². The Kier molecular flexibility index (Phi) is 4.69. The molecule has 17 heavy (non-hydrogen) atoms. The molecule has 0 aromatic carbocycles. The van der Waals surface area contributed by atoms with Gasteiger partial charge in [0.15, 0.2) is 0 Å². The zero-order chi connectivity index (χ0) is 13.0. The lowest BCUT2D eigenvalue weighted by atomic mass is 9.92. The van der Waals surface area contributed by atoms with Crippen LogP contribution in [0.3, 0.4) is 0 Å². The smallest absolute Gasteiger partial charge is 0.242 e. The van der Waals surface area contributed by atoms with Crippen molar-refractivity contribution in [2.75, 3.05) is 13.6 Å². The number of hydrogen-bond acceptors (Lipinski definition) is 3. The molecule has 2 unspecified atom stereocenters. The number of carbonyl (C=O) groups excluding carboxylic acids is 1. The third-order valence-electron chi connectivity index (χ3n) is 3.18. The van der Waals surface area contributed by atoms with E-state index in [4.69, 9.17) is 5.73 Å². The highest BCUT2D eigenvalue weighted by molar-refractivity contribution is 5.79. The van der Waals surface area contributed by atoms with Crippen LogP contribution in [0.2, 0.25) is 0 Å². The Bertz CT molecular complexity index is 372. The van der Waals surface area contributed by atoms with Crippen molar-refractivity contribution in [1.82, 2.24) is 14.9 Å². The molecule has 0 saturated heterocycles. The molecular formula is C12H22N4O. The molecule has 5 heteroatoms. The summed E-state index contributed by atoms with van der Waals surface area (Å²) in [5.41, 5.74) is 6.83. The molecule has 1 rings (SSSR count). The number of imidazole rings is 1. The molecule has 3 N–H and O–H groups in total. The highest BCUT2D eigenvalue weighted by Crippen LogP contribution is 2.25. The summed E-state index contributed by atoms with van der Waals surface area (Å²) in [6.45, 7) is 6.67. The molecule has 0 saturated carbocycles. The lowest BCUT2D eigenvalue weighted by Crippen LogP contribution is -2.30. The first-order valence-electron chi connectivity index (χ1n) is 5.96. The monoisotopic (exact) mass is 238 g/mol. The molecule has 0 fully saturated rings. The van der Waals surface area contributed by atoms with Gasteiger partial charge >= 0.3 is 0 Å². The summed E-state index contributed by atoms with van der Waals surface area (Å²) in [7, 11) is 1.64. The topological polar surface area (TPSA) is 72.9 Å². The number of nitrogens with zero attached hydrogens (tertiary/aromatic N) is 2. The Morgan fingerprint density at radius 2 is 2.18 bits per heavy atom. The standard InChI is InChI=1S/C12H22N4O/c1-8(2)10(5-13)11-6-15-7-16(11)9(3)12(17)14-4/h6-10H,5,13H2,1-4H3,(H,14,17). The molecule has 2 atom stereocenters. The van der Waals surface area contributed by atoms with Crippen LogP contribution in [0, 0.1) is 5.92 Å². The van der Waals surface area contributed by atoms with Crippen LogP contribution >= 0.6 is 0 Å². The molecule has 0 aliphatic carbocycles. The lowest BCUT2D eigenvalue weighted by Gasteiger charge is -2.23. The maximum Gasteiger partial charge on any atom is 0.242 e. The lowest BCUT2D eigenvalue weighted by molar-refractivity contribution is -0.123. The van der Waals surface area contributed by atoms with Crippen LogP contribution in [0.1, 0.15) is 38.4 Å². The number of aromatic nitrogens is 2. The Labute approximate surface area is 102 Å². The van der Waals surface area contributed by atoms with Gasteiger partial charge in [0.1, 0.15) is 6.04 Å². The van der Waals surface area contributed by atoms with E-state index in [1.165, 1.54) is 0 Å². The largest absolute Gasteiger partial charge is 0.357 e. The van der Waals surface area contributed by atoms with Gasteiger partial charge < -0.3 is 15.6 Å². The maximum absolute atomic E-state index is 11.7. The van der Waals surface area contributed by atoms with E-state index in [1.54, 1.807) is 19.6 Å². The van der Waals surface area contributed by atoms with Gasteiger partial charge in [-0.3, -0.25) is 4.79 Å². The third kappa shape index (κ3) is 2.85. The van der Waals surface area contributed by atoms with Gasteiger partial charge in [0, 0.05) is 31.4 Å². The van der Waals surface area contributed by atoms with Crippen molar-refractivity contribution in [2.45, 2.75) is 32.7 Å². The second kappa shape index (κ2) is 5.82. The van der Waals surface area contributed by atoms with E-state index in [9.17, 15) is 4.79 Å². The van der Waals surface area contributed by atoms with Gasteiger partial charge in [0.25, 0.3) is 0 Å². The van der Waals surface area contributed by atoms with Crippen molar-refractivity contribution in [2.24, 2.45) is 11.7 Å². The number of nitrogens with one attached hydrogen (secondary N) is 1. The minimum atomic E-state index is -0.259. The molecule has 96 valence electrons.